The molecule has 1 saturated heterocycles. The quantitative estimate of drug-likeness (QED) is 0.102. The summed E-state index contributed by atoms with van der Waals surface area (Å²) < 4.78 is 72.3. The Balaban J connectivity index is 1.23. The number of aryl methyl sites for hydroxylation is 2. The number of likely N-dealkylation sites (tertiary alicyclic amines) is 1. The van der Waals surface area contributed by atoms with Crippen LogP contribution in [-0.2, 0) is 46.3 Å². The molecule has 1 aliphatic rings. The van der Waals surface area contributed by atoms with Crippen molar-refractivity contribution in [1.82, 2.24) is 19.8 Å². The number of fused-ring (bicyclic) bond motifs is 1. The third-order valence-electron chi connectivity index (χ3n) is 10.5. The number of aromatic nitrogens is 2. The van der Waals surface area contributed by atoms with Gasteiger partial charge in [-0.2, -0.15) is 13.2 Å². The van der Waals surface area contributed by atoms with E-state index in [1.54, 1.807) is 30.0 Å². The fraction of sp³-hybridized carbons (Fsp3) is 0.349. The molecule has 0 aliphatic carbocycles. The fourth-order valence-corrected chi connectivity index (χ4v) is 7.26. The van der Waals surface area contributed by atoms with E-state index in [0.717, 1.165) is 29.3 Å². The number of hydrogen-bond acceptors (Lipinski definition) is 6. The number of alkyl halides is 3. The van der Waals surface area contributed by atoms with Gasteiger partial charge in [0.2, 0.25) is 5.91 Å². The molecule has 2 heterocycles. The van der Waals surface area contributed by atoms with E-state index in [4.69, 9.17) is 4.74 Å². The lowest BCUT2D eigenvalue weighted by Crippen LogP contribution is -2.56. The van der Waals surface area contributed by atoms with E-state index in [2.05, 4.69) is 14.9 Å². The molecule has 294 valence electrons. The van der Waals surface area contributed by atoms with Gasteiger partial charge in [0, 0.05) is 38.2 Å². The van der Waals surface area contributed by atoms with Crippen LogP contribution in [0.5, 0.6) is 0 Å². The van der Waals surface area contributed by atoms with Crippen molar-refractivity contribution >= 4 is 22.8 Å². The highest BCUT2D eigenvalue weighted by Crippen LogP contribution is 2.32. The van der Waals surface area contributed by atoms with Gasteiger partial charge in [-0.05, 0) is 92.1 Å². The molecule has 8 nitrogen and oxygen atoms in total. The molecule has 1 fully saturated rings. The first-order chi connectivity index (χ1) is 26.6. The molecule has 0 atom stereocenters. The van der Waals surface area contributed by atoms with Gasteiger partial charge < -0.3 is 14.6 Å². The van der Waals surface area contributed by atoms with Crippen LogP contribution in [0.15, 0.2) is 89.7 Å². The van der Waals surface area contributed by atoms with E-state index in [1.807, 2.05) is 38.1 Å². The summed E-state index contributed by atoms with van der Waals surface area (Å²) in [5.74, 6) is -1.57. The second-order valence-electron chi connectivity index (χ2n) is 14.5. The standard InChI is InChI=1S/C43H43F5N4O4/c1-4-56-41(55)42(2,3)51-22-20-34(21-23-51)52(26-27-8-10-28(11-9-27)29-12-16-32(17-13-29)43(46,47)48)38(53)24-31-6-5-7-36-39(31)40(54)50-37(49-36)19-15-30-14-18-33(44)25-35(30)45/h5-14,16-18,25,34H,4,15,19-24,26H2,1-3H3,(H,49,50,54). The lowest BCUT2D eigenvalue weighted by Gasteiger charge is -2.44. The van der Waals surface area contributed by atoms with Gasteiger partial charge in [0.15, 0.2) is 0 Å². The molecule has 0 saturated carbocycles. The SMILES string of the molecule is CCOC(=O)C(C)(C)N1CCC(N(Cc2ccc(-c3ccc(C(F)(F)F)cc3)cc2)C(=O)Cc2cccc3nc(CCc4ccc(F)cc4F)[nH]c(=O)c23)CC1. The summed E-state index contributed by atoms with van der Waals surface area (Å²) >= 11 is 0. The molecule has 1 amide bonds. The number of rotatable bonds is 12. The van der Waals surface area contributed by atoms with E-state index in [9.17, 15) is 36.3 Å². The van der Waals surface area contributed by atoms with Gasteiger partial charge >= 0.3 is 12.1 Å². The van der Waals surface area contributed by atoms with Crippen molar-refractivity contribution in [3.05, 3.63) is 135 Å². The Hall–Kier alpha value is -5.43. The Labute approximate surface area is 321 Å². The van der Waals surface area contributed by atoms with Crippen LogP contribution in [0, 0.1) is 11.6 Å². The first kappa shape index (κ1) is 40.2. The number of H-pyrrole nitrogens is 1. The number of nitrogens with zero attached hydrogens (tertiary/aromatic N) is 3. The number of halogens is 5. The van der Waals surface area contributed by atoms with Crippen molar-refractivity contribution in [3.8, 4) is 11.1 Å². The van der Waals surface area contributed by atoms with E-state index < -0.39 is 34.5 Å². The maximum Gasteiger partial charge on any atom is 0.416 e. The molecule has 0 radical (unpaired) electrons. The Morgan fingerprint density at radius 2 is 1.55 bits per heavy atom. The minimum absolute atomic E-state index is 0.0968. The zero-order valence-electron chi connectivity index (χ0n) is 31.4. The molecule has 0 unspecified atom stereocenters. The van der Waals surface area contributed by atoms with Gasteiger partial charge in [-0.3, -0.25) is 19.3 Å². The van der Waals surface area contributed by atoms with Crippen LogP contribution < -0.4 is 5.56 Å². The van der Waals surface area contributed by atoms with E-state index >= 15 is 0 Å². The van der Waals surface area contributed by atoms with Gasteiger partial charge in [0.1, 0.15) is 23.0 Å². The Bertz CT molecular complexity index is 2250. The van der Waals surface area contributed by atoms with Crippen LogP contribution in [0.1, 0.15) is 61.7 Å². The predicted octanol–water partition coefficient (Wildman–Crippen LogP) is 8.05. The van der Waals surface area contributed by atoms with Gasteiger partial charge in [-0.15, -0.1) is 0 Å². The Morgan fingerprint density at radius 3 is 2.18 bits per heavy atom. The Morgan fingerprint density at radius 1 is 0.893 bits per heavy atom. The van der Waals surface area contributed by atoms with Crippen LogP contribution in [-0.4, -0.2) is 62.9 Å². The molecule has 5 aromatic rings. The molecule has 56 heavy (non-hydrogen) atoms. The maximum absolute atomic E-state index is 14.4. The van der Waals surface area contributed by atoms with Gasteiger partial charge in [0.05, 0.1) is 29.5 Å². The van der Waals surface area contributed by atoms with Crippen molar-refractivity contribution in [2.75, 3.05) is 19.7 Å². The number of benzene rings is 4. The number of carbonyl (C=O) groups excluding carboxylic acids is 2. The number of hydrogen-bond donors (Lipinski definition) is 1. The van der Waals surface area contributed by atoms with E-state index in [-0.39, 0.29) is 61.3 Å². The number of amides is 1. The molecule has 1 aliphatic heterocycles. The minimum atomic E-state index is -4.43. The van der Waals surface area contributed by atoms with Gasteiger partial charge in [-0.25, -0.2) is 13.8 Å². The molecule has 4 aromatic carbocycles. The summed E-state index contributed by atoms with van der Waals surface area (Å²) in [7, 11) is 0. The zero-order valence-corrected chi connectivity index (χ0v) is 31.4. The van der Waals surface area contributed by atoms with Crippen molar-refractivity contribution in [3.63, 3.8) is 0 Å². The lowest BCUT2D eigenvalue weighted by molar-refractivity contribution is -0.157. The number of piperidine rings is 1. The predicted molar refractivity (Wildman–Crippen MR) is 203 cm³/mol. The van der Waals surface area contributed by atoms with Crippen molar-refractivity contribution in [2.45, 2.75) is 77.2 Å². The first-order valence-corrected chi connectivity index (χ1v) is 18.6. The summed E-state index contributed by atoms with van der Waals surface area (Å²) in [6.07, 6.45) is -2.98. The maximum atomic E-state index is 14.4. The third kappa shape index (κ3) is 9.15. The average Bonchev–Trinajstić information content (AvgIpc) is 3.16. The summed E-state index contributed by atoms with van der Waals surface area (Å²) in [6, 6.07) is 20.5. The highest BCUT2D eigenvalue weighted by Gasteiger charge is 2.39. The number of aromatic amines is 1. The molecule has 1 N–H and O–H groups in total. The van der Waals surface area contributed by atoms with Crippen molar-refractivity contribution in [2.24, 2.45) is 0 Å². The number of esters is 1. The highest BCUT2D eigenvalue weighted by molar-refractivity contribution is 5.88. The smallest absolute Gasteiger partial charge is 0.416 e. The van der Waals surface area contributed by atoms with Crippen LogP contribution >= 0.6 is 0 Å². The van der Waals surface area contributed by atoms with Gasteiger partial charge in [0.25, 0.3) is 5.56 Å². The van der Waals surface area contributed by atoms with E-state index in [0.29, 0.717) is 48.4 Å². The van der Waals surface area contributed by atoms with Crippen molar-refractivity contribution < 1.29 is 36.3 Å². The second-order valence-corrected chi connectivity index (χ2v) is 14.5. The van der Waals surface area contributed by atoms with E-state index in [1.165, 1.54) is 24.3 Å². The molecule has 1 aromatic heterocycles. The zero-order chi connectivity index (χ0) is 40.2. The van der Waals surface area contributed by atoms with Crippen LogP contribution in [0.25, 0.3) is 22.0 Å². The minimum Gasteiger partial charge on any atom is -0.465 e. The highest BCUT2D eigenvalue weighted by atomic mass is 19.4. The number of nitrogens with one attached hydrogen (secondary N) is 1. The summed E-state index contributed by atoms with van der Waals surface area (Å²) in [6.45, 7) is 6.99. The topological polar surface area (TPSA) is 95.6 Å². The molecule has 6 rings (SSSR count). The first-order valence-electron chi connectivity index (χ1n) is 18.6. The molecular weight excluding hydrogens is 731 g/mol. The van der Waals surface area contributed by atoms with Crippen LogP contribution in [0.4, 0.5) is 22.0 Å². The largest absolute Gasteiger partial charge is 0.465 e. The summed E-state index contributed by atoms with van der Waals surface area (Å²) in [5.41, 5.74) is 1.29. The normalized spacial score (nSPS) is 14.2. The fourth-order valence-electron chi connectivity index (χ4n) is 7.26. The summed E-state index contributed by atoms with van der Waals surface area (Å²) in [4.78, 5) is 51.9. The molecule has 13 heteroatoms. The average molecular weight is 775 g/mol. The number of carbonyl (C=O) groups is 2. The second kappa shape index (κ2) is 16.7. The third-order valence-corrected chi connectivity index (χ3v) is 10.5. The molecular formula is C43H43F5N4O4. The van der Waals surface area contributed by atoms with Crippen molar-refractivity contribution in [1.29, 1.82) is 0 Å². The van der Waals surface area contributed by atoms with Gasteiger partial charge in [-0.1, -0.05) is 54.6 Å². The summed E-state index contributed by atoms with van der Waals surface area (Å²) in [5, 5.41) is 0.268. The lowest BCUT2D eigenvalue weighted by atomic mass is 9.94. The Kier molecular flexibility index (Phi) is 12.0. The van der Waals surface area contributed by atoms with Crippen LogP contribution in [0.2, 0.25) is 0 Å². The van der Waals surface area contributed by atoms with Crippen LogP contribution in [0.3, 0.4) is 0 Å². The monoisotopic (exact) mass is 774 g/mol. The molecule has 0 bridgehead atoms. The number of ether oxygens (including phenoxy) is 1. The molecule has 0 spiro atoms.